The summed E-state index contributed by atoms with van der Waals surface area (Å²) in [5.41, 5.74) is 1.66. The molecule has 0 bridgehead atoms. The van der Waals surface area contributed by atoms with Gasteiger partial charge in [-0.1, -0.05) is 47.6 Å². The lowest BCUT2D eigenvalue weighted by molar-refractivity contribution is -0.126. The number of benzene rings is 2. The van der Waals surface area contributed by atoms with Gasteiger partial charge in [0.05, 0.1) is 5.69 Å². The van der Waals surface area contributed by atoms with Gasteiger partial charge in [0.1, 0.15) is 11.6 Å². The van der Waals surface area contributed by atoms with Crippen LogP contribution >= 0.6 is 0 Å². The number of aryl methyl sites for hydroxylation is 1. The second kappa shape index (κ2) is 5.66. The molecule has 4 rings (SSSR count). The van der Waals surface area contributed by atoms with E-state index < -0.39 is 23.8 Å². The first kappa shape index (κ1) is 15.3. The minimum atomic E-state index is -1.07. The molecular weight excluding hydrogens is 320 g/mol. The first-order chi connectivity index (χ1) is 12.1. The third-order valence-corrected chi connectivity index (χ3v) is 4.45. The Morgan fingerprint density at radius 2 is 1.68 bits per heavy atom. The van der Waals surface area contributed by atoms with Crippen molar-refractivity contribution in [1.29, 1.82) is 0 Å². The highest BCUT2D eigenvalue weighted by molar-refractivity contribution is 6.52. The molecule has 0 aliphatic carbocycles. The van der Waals surface area contributed by atoms with Crippen LogP contribution in [0.5, 0.6) is 0 Å². The van der Waals surface area contributed by atoms with E-state index in [-0.39, 0.29) is 11.5 Å². The lowest BCUT2D eigenvalue weighted by atomic mass is 9.92. The van der Waals surface area contributed by atoms with Gasteiger partial charge in [-0.3, -0.25) is 14.4 Å². The first-order valence-electron chi connectivity index (χ1n) is 7.86. The molecule has 2 aromatic rings. The molecule has 2 unspecified atom stereocenters. The van der Waals surface area contributed by atoms with Crippen LogP contribution in [0.1, 0.15) is 15.9 Å². The summed E-state index contributed by atoms with van der Waals surface area (Å²) in [4.78, 5) is 44.4. The number of Topliss-reactive ketones (excluding diaryl/α,β-unsaturated/α-hetero) is 1. The van der Waals surface area contributed by atoms with E-state index in [0.29, 0.717) is 11.3 Å². The summed E-state index contributed by atoms with van der Waals surface area (Å²) in [7, 11) is 0. The number of para-hydroxylation sites is 1. The standard InChI is InChI=1S/C19H14N2O4/c1-11-7-5-6-10-13(11)16(22)15-14-17(25-20-15)19(24)21(18(14)23)12-8-3-2-4-9-12/h2-10,14,17H,1H3. The van der Waals surface area contributed by atoms with E-state index in [1.165, 1.54) is 0 Å². The fourth-order valence-corrected chi connectivity index (χ4v) is 3.16. The van der Waals surface area contributed by atoms with Crippen molar-refractivity contribution < 1.29 is 19.2 Å². The maximum Gasteiger partial charge on any atom is 0.278 e. The number of anilines is 1. The van der Waals surface area contributed by atoms with E-state index in [2.05, 4.69) is 5.16 Å². The largest absolute Gasteiger partial charge is 0.381 e. The number of fused-ring (bicyclic) bond motifs is 1. The monoisotopic (exact) mass is 334 g/mol. The summed E-state index contributed by atoms with van der Waals surface area (Å²) in [5, 5.41) is 3.77. The van der Waals surface area contributed by atoms with Crippen LogP contribution in [0, 0.1) is 12.8 Å². The van der Waals surface area contributed by atoms with Crippen molar-refractivity contribution in [2.45, 2.75) is 13.0 Å². The average Bonchev–Trinajstić information content (AvgIpc) is 3.16. The number of amides is 2. The van der Waals surface area contributed by atoms with Crippen molar-refractivity contribution in [2.24, 2.45) is 11.1 Å². The fourth-order valence-electron chi connectivity index (χ4n) is 3.16. The second-order valence-corrected chi connectivity index (χ2v) is 5.97. The van der Waals surface area contributed by atoms with Gasteiger partial charge in [0, 0.05) is 5.56 Å². The molecule has 25 heavy (non-hydrogen) atoms. The van der Waals surface area contributed by atoms with Gasteiger partial charge >= 0.3 is 0 Å². The maximum absolute atomic E-state index is 12.8. The van der Waals surface area contributed by atoms with E-state index in [4.69, 9.17) is 4.84 Å². The summed E-state index contributed by atoms with van der Waals surface area (Å²) in [5.74, 6) is -2.38. The zero-order valence-corrected chi connectivity index (χ0v) is 13.4. The number of imide groups is 1. The van der Waals surface area contributed by atoms with Gasteiger partial charge in [0.25, 0.3) is 5.91 Å². The first-order valence-corrected chi connectivity index (χ1v) is 7.86. The Balaban J connectivity index is 1.69. The van der Waals surface area contributed by atoms with Crippen LogP contribution in [0.25, 0.3) is 0 Å². The van der Waals surface area contributed by atoms with Crippen molar-refractivity contribution in [3.05, 3.63) is 65.7 Å². The number of hydrogen-bond donors (Lipinski definition) is 0. The van der Waals surface area contributed by atoms with Crippen molar-refractivity contribution >= 4 is 29.0 Å². The van der Waals surface area contributed by atoms with Crippen molar-refractivity contribution in [3.63, 3.8) is 0 Å². The predicted molar refractivity (Wildman–Crippen MR) is 90.2 cm³/mol. The molecule has 0 aromatic heterocycles. The highest BCUT2D eigenvalue weighted by Gasteiger charge is 2.57. The van der Waals surface area contributed by atoms with Gasteiger partial charge in [-0.2, -0.15) is 0 Å². The third kappa shape index (κ3) is 2.26. The number of carbonyl (C=O) groups is 3. The van der Waals surface area contributed by atoms with Crippen LogP contribution in [-0.2, 0) is 14.4 Å². The summed E-state index contributed by atoms with van der Waals surface area (Å²) in [6, 6.07) is 15.6. The third-order valence-electron chi connectivity index (χ3n) is 4.45. The molecule has 1 saturated heterocycles. The van der Waals surface area contributed by atoms with Crippen LogP contribution in [0.3, 0.4) is 0 Å². The Hall–Kier alpha value is -3.28. The van der Waals surface area contributed by atoms with Crippen LogP contribution in [-0.4, -0.2) is 29.4 Å². The van der Waals surface area contributed by atoms with Crippen molar-refractivity contribution in [3.8, 4) is 0 Å². The van der Waals surface area contributed by atoms with E-state index >= 15 is 0 Å². The molecule has 2 aromatic carbocycles. The molecule has 2 aliphatic rings. The zero-order chi connectivity index (χ0) is 17.6. The van der Waals surface area contributed by atoms with Gasteiger partial charge in [0.15, 0.2) is 0 Å². The van der Waals surface area contributed by atoms with Crippen LogP contribution < -0.4 is 4.90 Å². The lowest BCUT2D eigenvalue weighted by Gasteiger charge is -2.15. The van der Waals surface area contributed by atoms with E-state index in [9.17, 15) is 14.4 Å². The summed E-state index contributed by atoms with van der Waals surface area (Å²) in [6.07, 6.45) is -1.07. The molecule has 2 atom stereocenters. The Morgan fingerprint density at radius 1 is 1.00 bits per heavy atom. The number of rotatable bonds is 3. The zero-order valence-electron chi connectivity index (χ0n) is 13.4. The number of hydrogen-bond acceptors (Lipinski definition) is 5. The van der Waals surface area contributed by atoms with Crippen LogP contribution in [0.4, 0.5) is 5.69 Å². The molecule has 2 aliphatic heterocycles. The summed E-state index contributed by atoms with van der Waals surface area (Å²) in [6.45, 7) is 1.80. The van der Waals surface area contributed by atoms with E-state index in [0.717, 1.165) is 10.5 Å². The molecule has 0 N–H and O–H groups in total. The van der Waals surface area contributed by atoms with Gasteiger partial charge in [0.2, 0.25) is 17.8 Å². The molecule has 0 radical (unpaired) electrons. The van der Waals surface area contributed by atoms with Crippen LogP contribution in [0.15, 0.2) is 59.8 Å². The number of ketones is 1. The van der Waals surface area contributed by atoms with Crippen LogP contribution in [0.2, 0.25) is 0 Å². The summed E-state index contributed by atoms with van der Waals surface area (Å²) >= 11 is 0. The van der Waals surface area contributed by atoms with E-state index in [1.54, 1.807) is 55.5 Å². The normalized spacial score (nSPS) is 21.8. The molecule has 2 amide bonds. The minimum absolute atomic E-state index is 0.0175. The van der Waals surface area contributed by atoms with Crippen molar-refractivity contribution in [1.82, 2.24) is 0 Å². The molecule has 1 fully saturated rings. The fraction of sp³-hybridized carbons (Fsp3) is 0.158. The second-order valence-electron chi connectivity index (χ2n) is 5.97. The number of nitrogens with zero attached hydrogens (tertiary/aromatic N) is 2. The Bertz CT molecular complexity index is 920. The quantitative estimate of drug-likeness (QED) is 0.636. The molecule has 124 valence electrons. The molecule has 0 spiro atoms. The Morgan fingerprint density at radius 3 is 2.40 bits per heavy atom. The van der Waals surface area contributed by atoms with Gasteiger partial charge in [-0.15, -0.1) is 0 Å². The van der Waals surface area contributed by atoms with Gasteiger partial charge in [-0.25, -0.2) is 4.90 Å². The molecule has 0 saturated carbocycles. The molecule has 6 nitrogen and oxygen atoms in total. The molecule has 2 heterocycles. The smallest absolute Gasteiger partial charge is 0.278 e. The maximum atomic E-state index is 12.8. The lowest BCUT2D eigenvalue weighted by Crippen LogP contribution is -2.34. The van der Waals surface area contributed by atoms with Gasteiger partial charge < -0.3 is 4.84 Å². The highest BCUT2D eigenvalue weighted by atomic mass is 16.7. The summed E-state index contributed by atoms with van der Waals surface area (Å²) < 4.78 is 0. The van der Waals surface area contributed by atoms with Gasteiger partial charge in [-0.05, 0) is 24.6 Å². The van der Waals surface area contributed by atoms with Crippen molar-refractivity contribution in [2.75, 3.05) is 4.90 Å². The number of carbonyl (C=O) groups excluding carboxylic acids is 3. The topological polar surface area (TPSA) is 76.0 Å². The SMILES string of the molecule is Cc1ccccc1C(=O)C1=NOC2C(=O)N(c3ccccc3)C(=O)C12. The predicted octanol–water partition coefficient (Wildman–Crippen LogP) is 2.12. The Labute approximate surface area is 143 Å². The molecule has 6 heteroatoms. The van der Waals surface area contributed by atoms with E-state index in [1.807, 2.05) is 6.07 Å². The number of oxime groups is 1. The minimum Gasteiger partial charge on any atom is -0.381 e. The Kier molecular flexibility index (Phi) is 3.46. The molecular formula is C19H14N2O4. The highest BCUT2D eigenvalue weighted by Crippen LogP contribution is 2.34. The average molecular weight is 334 g/mol.